The van der Waals surface area contributed by atoms with Crippen molar-refractivity contribution in [3.05, 3.63) is 28.8 Å². The molecule has 4 heteroatoms. The summed E-state index contributed by atoms with van der Waals surface area (Å²) in [5, 5.41) is 0. The summed E-state index contributed by atoms with van der Waals surface area (Å²) in [4.78, 5) is 17.0. The lowest BCUT2D eigenvalue weighted by Crippen LogP contribution is -2.48. The van der Waals surface area contributed by atoms with Crippen molar-refractivity contribution in [1.29, 1.82) is 0 Å². The van der Waals surface area contributed by atoms with Gasteiger partial charge in [-0.15, -0.1) is 0 Å². The first-order valence-corrected chi connectivity index (χ1v) is 7.24. The zero-order valence-corrected chi connectivity index (χ0v) is 12.9. The van der Waals surface area contributed by atoms with Crippen LogP contribution in [0, 0.1) is 13.8 Å². The fourth-order valence-electron chi connectivity index (χ4n) is 2.69. The number of rotatable bonds is 3. The highest BCUT2D eigenvalue weighted by molar-refractivity contribution is 5.96. The molecule has 4 nitrogen and oxygen atoms in total. The van der Waals surface area contributed by atoms with Gasteiger partial charge in [-0.2, -0.15) is 0 Å². The average Bonchev–Trinajstić information content (AvgIpc) is 2.49. The summed E-state index contributed by atoms with van der Waals surface area (Å²) in [5.74, 6) is 0.985. The van der Waals surface area contributed by atoms with E-state index in [1.54, 1.807) is 7.11 Å². The smallest absolute Gasteiger partial charge is 0.254 e. The molecule has 0 aromatic heterocycles. The van der Waals surface area contributed by atoms with Crippen LogP contribution < -0.4 is 4.74 Å². The molecule has 1 aliphatic heterocycles. The van der Waals surface area contributed by atoms with Gasteiger partial charge in [-0.3, -0.25) is 4.79 Å². The summed E-state index contributed by atoms with van der Waals surface area (Å²) in [6.07, 6.45) is 0. The molecule has 1 aromatic carbocycles. The van der Waals surface area contributed by atoms with Crippen LogP contribution in [-0.2, 0) is 0 Å². The number of ether oxygens (including phenoxy) is 1. The van der Waals surface area contributed by atoms with Gasteiger partial charge in [0.2, 0.25) is 0 Å². The Kier molecular flexibility index (Phi) is 4.65. The van der Waals surface area contributed by atoms with Gasteiger partial charge < -0.3 is 14.5 Å². The summed E-state index contributed by atoms with van der Waals surface area (Å²) in [6.45, 7) is 10.8. The number of carbonyl (C=O) groups is 1. The van der Waals surface area contributed by atoms with E-state index in [4.69, 9.17) is 4.74 Å². The lowest BCUT2D eigenvalue weighted by Gasteiger charge is -2.34. The van der Waals surface area contributed by atoms with Crippen molar-refractivity contribution in [2.75, 3.05) is 39.8 Å². The third-order valence-corrected chi connectivity index (χ3v) is 4.29. The minimum absolute atomic E-state index is 0.143. The summed E-state index contributed by atoms with van der Waals surface area (Å²) >= 11 is 0. The first-order valence-electron chi connectivity index (χ1n) is 7.24. The number of amides is 1. The summed E-state index contributed by atoms with van der Waals surface area (Å²) in [5.41, 5.74) is 2.87. The van der Waals surface area contributed by atoms with E-state index in [1.807, 2.05) is 30.9 Å². The monoisotopic (exact) mass is 276 g/mol. The Hall–Kier alpha value is -1.55. The Morgan fingerprint density at radius 2 is 1.80 bits per heavy atom. The van der Waals surface area contributed by atoms with Crippen LogP contribution in [0.25, 0.3) is 0 Å². The molecule has 2 rings (SSSR count). The highest BCUT2D eigenvalue weighted by Crippen LogP contribution is 2.25. The van der Waals surface area contributed by atoms with Gasteiger partial charge in [-0.05, 0) is 43.7 Å². The first kappa shape index (κ1) is 14.9. The van der Waals surface area contributed by atoms with E-state index in [0.717, 1.165) is 55.2 Å². The average molecular weight is 276 g/mol. The van der Waals surface area contributed by atoms with Crippen LogP contribution in [0.5, 0.6) is 5.75 Å². The Bertz CT molecular complexity index is 491. The van der Waals surface area contributed by atoms with Crippen molar-refractivity contribution in [2.24, 2.45) is 0 Å². The Morgan fingerprint density at radius 1 is 1.15 bits per heavy atom. The number of carbonyl (C=O) groups excluding carboxylic acids is 1. The molecule has 0 unspecified atom stereocenters. The van der Waals surface area contributed by atoms with Gasteiger partial charge in [0.05, 0.1) is 7.11 Å². The van der Waals surface area contributed by atoms with Crippen LogP contribution >= 0.6 is 0 Å². The number of likely N-dealkylation sites (N-methyl/N-ethyl adjacent to an activating group) is 1. The maximum Gasteiger partial charge on any atom is 0.254 e. The molecule has 1 heterocycles. The Labute approximate surface area is 121 Å². The minimum atomic E-state index is 0.143. The van der Waals surface area contributed by atoms with E-state index in [1.165, 1.54) is 0 Å². The largest absolute Gasteiger partial charge is 0.496 e. The third-order valence-electron chi connectivity index (χ3n) is 4.29. The molecule has 1 amide bonds. The molecule has 1 aromatic rings. The van der Waals surface area contributed by atoms with Crippen LogP contribution in [0.2, 0.25) is 0 Å². The number of nitrogens with zero attached hydrogens (tertiary/aromatic N) is 2. The molecular formula is C16H24N2O2. The maximum atomic E-state index is 12.6. The van der Waals surface area contributed by atoms with E-state index in [0.29, 0.717) is 0 Å². The zero-order valence-electron chi connectivity index (χ0n) is 12.9. The Morgan fingerprint density at radius 3 is 2.35 bits per heavy atom. The van der Waals surface area contributed by atoms with Gasteiger partial charge in [0.25, 0.3) is 5.91 Å². The van der Waals surface area contributed by atoms with E-state index in [9.17, 15) is 4.79 Å². The van der Waals surface area contributed by atoms with Crippen LogP contribution in [0.3, 0.4) is 0 Å². The summed E-state index contributed by atoms with van der Waals surface area (Å²) < 4.78 is 5.30. The number of hydrogen-bond acceptors (Lipinski definition) is 3. The molecule has 0 saturated carbocycles. The second-order valence-electron chi connectivity index (χ2n) is 5.29. The lowest BCUT2D eigenvalue weighted by atomic mass is 10.0. The van der Waals surface area contributed by atoms with Crippen LogP contribution in [0.1, 0.15) is 28.4 Å². The van der Waals surface area contributed by atoms with Gasteiger partial charge >= 0.3 is 0 Å². The quantitative estimate of drug-likeness (QED) is 0.847. The zero-order chi connectivity index (χ0) is 14.7. The molecule has 0 atom stereocenters. The molecule has 0 radical (unpaired) electrons. The molecule has 0 bridgehead atoms. The van der Waals surface area contributed by atoms with Crippen molar-refractivity contribution in [3.8, 4) is 5.75 Å². The standard InChI is InChI=1S/C16H24N2O2/c1-5-17-8-10-18(11-9-17)16(19)14-6-7-15(20-4)13(3)12(14)2/h6-7H,5,8-11H2,1-4H3. The molecule has 1 aliphatic rings. The molecule has 0 spiro atoms. The van der Waals surface area contributed by atoms with Crippen molar-refractivity contribution >= 4 is 5.91 Å². The normalized spacial score (nSPS) is 16.3. The van der Waals surface area contributed by atoms with E-state index < -0.39 is 0 Å². The fourth-order valence-corrected chi connectivity index (χ4v) is 2.69. The first-order chi connectivity index (χ1) is 9.58. The SMILES string of the molecule is CCN1CCN(C(=O)c2ccc(OC)c(C)c2C)CC1. The predicted octanol–water partition coefficient (Wildman–Crippen LogP) is 2.09. The number of methoxy groups -OCH3 is 1. The molecule has 20 heavy (non-hydrogen) atoms. The number of piperazine rings is 1. The van der Waals surface area contributed by atoms with Gasteiger partial charge in [0.15, 0.2) is 0 Å². The number of benzene rings is 1. The lowest BCUT2D eigenvalue weighted by molar-refractivity contribution is 0.0642. The van der Waals surface area contributed by atoms with Crippen molar-refractivity contribution in [3.63, 3.8) is 0 Å². The van der Waals surface area contributed by atoms with E-state index in [2.05, 4.69) is 11.8 Å². The predicted molar refractivity (Wildman–Crippen MR) is 80.5 cm³/mol. The molecule has 0 N–H and O–H groups in total. The van der Waals surface area contributed by atoms with Crippen LogP contribution in [0.15, 0.2) is 12.1 Å². The third kappa shape index (κ3) is 2.80. The molecule has 110 valence electrons. The van der Waals surface area contributed by atoms with Gasteiger partial charge in [0, 0.05) is 31.7 Å². The second-order valence-corrected chi connectivity index (χ2v) is 5.29. The minimum Gasteiger partial charge on any atom is -0.496 e. The van der Waals surface area contributed by atoms with Gasteiger partial charge in [0.1, 0.15) is 5.75 Å². The highest BCUT2D eigenvalue weighted by Gasteiger charge is 2.23. The van der Waals surface area contributed by atoms with Crippen LogP contribution in [0.4, 0.5) is 0 Å². The van der Waals surface area contributed by atoms with E-state index in [-0.39, 0.29) is 5.91 Å². The van der Waals surface area contributed by atoms with Crippen molar-refractivity contribution in [1.82, 2.24) is 9.80 Å². The van der Waals surface area contributed by atoms with Crippen molar-refractivity contribution in [2.45, 2.75) is 20.8 Å². The van der Waals surface area contributed by atoms with Gasteiger partial charge in [-0.1, -0.05) is 6.92 Å². The van der Waals surface area contributed by atoms with Crippen LogP contribution in [-0.4, -0.2) is 55.5 Å². The molecule has 0 aliphatic carbocycles. The van der Waals surface area contributed by atoms with Crippen molar-refractivity contribution < 1.29 is 9.53 Å². The molecule has 1 saturated heterocycles. The second kappa shape index (κ2) is 6.27. The summed E-state index contributed by atoms with van der Waals surface area (Å²) in [6, 6.07) is 3.77. The summed E-state index contributed by atoms with van der Waals surface area (Å²) in [7, 11) is 1.66. The molecular weight excluding hydrogens is 252 g/mol. The highest BCUT2D eigenvalue weighted by atomic mass is 16.5. The fraction of sp³-hybridized carbons (Fsp3) is 0.562. The van der Waals surface area contributed by atoms with E-state index >= 15 is 0 Å². The Balaban J connectivity index is 2.16. The van der Waals surface area contributed by atoms with Gasteiger partial charge in [-0.25, -0.2) is 0 Å². The topological polar surface area (TPSA) is 32.8 Å². The number of hydrogen-bond donors (Lipinski definition) is 0. The maximum absolute atomic E-state index is 12.6. The molecule has 1 fully saturated rings.